The maximum atomic E-state index is 12.3. The lowest BCUT2D eigenvalue weighted by atomic mass is 10.1. The molecular formula is C22H25N5O3S. The van der Waals surface area contributed by atoms with Gasteiger partial charge in [0, 0.05) is 12.6 Å². The molecule has 2 aromatic carbocycles. The van der Waals surface area contributed by atoms with E-state index in [0.29, 0.717) is 22.3 Å². The minimum Gasteiger partial charge on any atom is -0.497 e. The van der Waals surface area contributed by atoms with E-state index in [0.717, 1.165) is 5.56 Å². The number of carbonyl (C=O) groups excluding carboxylic acids is 2. The average molecular weight is 440 g/mol. The van der Waals surface area contributed by atoms with Gasteiger partial charge in [0.25, 0.3) is 5.91 Å². The SMILES string of the molecule is COc1ccc(C(=O)NCc2nnc(SCC(=O)N[C@H](C)c3ccccc3)n2C)cc1. The third-order valence-electron chi connectivity index (χ3n) is 4.69. The van der Waals surface area contributed by atoms with Gasteiger partial charge >= 0.3 is 0 Å². The fraction of sp³-hybridized carbons (Fsp3) is 0.273. The highest BCUT2D eigenvalue weighted by molar-refractivity contribution is 7.99. The highest BCUT2D eigenvalue weighted by atomic mass is 32.2. The van der Waals surface area contributed by atoms with Gasteiger partial charge in [-0.05, 0) is 36.8 Å². The Morgan fingerprint density at radius 1 is 1.10 bits per heavy atom. The van der Waals surface area contributed by atoms with Crippen LogP contribution in [-0.4, -0.2) is 39.4 Å². The molecule has 9 heteroatoms. The van der Waals surface area contributed by atoms with Gasteiger partial charge in [0.1, 0.15) is 5.75 Å². The van der Waals surface area contributed by atoms with Crippen molar-refractivity contribution >= 4 is 23.6 Å². The van der Waals surface area contributed by atoms with E-state index in [1.165, 1.54) is 11.8 Å². The first kappa shape index (κ1) is 22.4. The summed E-state index contributed by atoms with van der Waals surface area (Å²) >= 11 is 1.30. The standard InChI is InChI=1S/C22H25N5O3S/c1-15(16-7-5-4-6-8-16)24-20(28)14-31-22-26-25-19(27(22)2)13-23-21(29)17-9-11-18(30-3)12-10-17/h4-12,15H,13-14H2,1-3H3,(H,23,29)(H,24,28)/t15-/m1/s1. The third-order valence-corrected chi connectivity index (χ3v) is 5.71. The molecule has 0 radical (unpaired) electrons. The van der Waals surface area contributed by atoms with E-state index in [1.807, 2.05) is 44.3 Å². The number of nitrogens with zero attached hydrogens (tertiary/aromatic N) is 3. The molecule has 2 N–H and O–H groups in total. The Morgan fingerprint density at radius 3 is 2.48 bits per heavy atom. The molecular weight excluding hydrogens is 414 g/mol. The van der Waals surface area contributed by atoms with E-state index in [2.05, 4.69) is 20.8 Å². The number of ether oxygens (including phenoxy) is 1. The van der Waals surface area contributed by atoms with E-state index in [-0.39, 0.29) is 30.2 Å². The number of methoxy groups -OCH3 is 1. The lowest BCUT2D eigenvalue weighted by Crippen LogP contribution is -2.28. The van der Waals surface area contributed by atoms with Crippen molar-refractivity contribution in [2.24, 2.45) is 7.05 Å². The van der Waals surface area contributed by atoms with Crippen LogP contribution in [0.15, 0.2) is 59.8 Å². The number of hydrogen-bond acceptors (Lipinski definition) is 6. The molecule has 1 heterocycles. The normalized spacial score (nSPS) is 11.6. The maximum Gasteiger partial charge on any atom is 0.251 e. The molecule has 3 aromatic rings. The van der Waals surface area contributed by atoms with E-state index >= 15 is 0 Å². The zero-order valence-corrected chi connectivity index (χ0v) is 18.5. The van der Waals surface area contributed by atoms with Crippen molar-refractivity contribution in [2.75, 3.05) is 12.9 Å². The zero-order chi connectivity index (χ0) is 22.2. The summed E-state index contributed by atoms with van der Waals surface area (Å²) in [5, 5.41) is 14.7. The van der Waals surface area contributed by atoms with Crippen molar-refractivity contribution in [3.8, 4) is 5.75 Å². The van der Waals surface area contributed by atoms with Crippen LogP contribution < -0.4 is 15.4 Å². The Bertz CT molecular complexity index is 1020. The summed E-state index contributed by atoms with van der Waals surface area (Å²) in [6.07, 6.45) is 0. The van der Waals surface area contributed by atoms with Crippen LogP contribution in [0.25, 0.3) is 0 Å². The molecule has 0 spiro atoms. The topological polar surface area (TPSA) is 98.1 Å². The van der Waals surface area contributed by atoms with Crippen molar-refractivity contribution in [3.63, 3.8) is 0 Å². The average Bonchev–Trinajstić information content (AvgIpc) is 3.16. The van der Waals surface area contributed by atoms with Crippen LogP contribution in [0, 0.1) is 0 Å². The molecule has 3 rings (SSSR count). The van der Waals surface area contributed by atoms with Crippen molar-refractivity contribution in [1.29, 1.82) is 0 Å². The predicted molar refractivity (Wildman–Crippen MR) is 119 cm³/mol. The van der Waals surface area contributed by atoms with Gasteiger partial charge in [0.15, 0.2) is 11.0 Å². The molecule has 8 nitrogen and oxygen atoms in total. The van der Waals surface area contributed by atoms with Crippen molar-refractivity contribution < 1.29 is 14.3 Å². The quantitative estimate of drug-likeness (QED) is 0.498. The molecule has 2 amide bonds. The highest BCUT2D eigenvalue weighted by Crippen LogP contribution is 2.17. The Hall–Kier alpha value is -3.33. The van der Waals surface area contributed by atoms with Crippen LogP contribution in [0.2, 0.25) is 0 Å². The van der Waals surface area contributed by atoms with E-state index in [1.54, 1.807) is 35.9 Å². The van der Waals surface area contributed by atoms with Crippen molar-refractivity contribution in [1.82, 2.24) is 25.4 Å². The fourth-order valence-electron chi connectivity index (χ4n) is 2.87. The third kappa shape index (κ3) is 6.08. The first-order chi connectivity index (χ1) is 15.0. The van der Waals surface area contributed by atoms with Gasteiger partial charge in [-0.1, -0.05) is 42.1 Å². The molecule has 1 aromatic heterocycles. The molecule has 0 saturated carbocycles. The number of rotatable bonds is 9. The molecule has 0 aliphatic heterocycles. The second kappa shape index (κ2) is 10.6. The van der Waals surface area contributed by atoms with Gasteiger partial charge in [-0.2, -0.15) is 0 Å². The Morgan fingerprint density at radius 2 is 1.81 bits per heavy atom. The Balaban J connectivity index is 1.49. The number of benzene rings is 2. The largest absolute Gasteiger partial charge is 0.497 e. The minimum absolute atomic E-state index is 0.0717. The number of nitrogens with one attached hydrogen (secondary N) is 2. The molecule has 162 valence electrons. The first-order valence-electron chi connectivity index (χ1n) is 9.75. The summed E-state index contributed by atoms with van der Waals surface area (Å²) in [5.74, 6) is 1.21. The van der Waals surface area contributed by atoms with Gasteiger partial charge in [0.05, 0.1) is 25.4 Å². The van der Waals surface area contributed by atoms with Crippen LogP contribution >= 0.6 is 11.8 Å². The van der Waals surface area contributed by atoms with Gasteiger partial charge in [0.2, 0.25) is 5.91 Å². The molecule has 0 unspecified atom stereocenters. The summed E-state index contributed by atoms with van der Waals surface area (Å²) < 4.78 is 6.87. The summed E-state index contributed by atoms with van der Waals surface area (Å²) in [4.78, 5) is 24.6. The highest BCUT2D eigenvalue weighted by Gasteiger charge is 2.14. The fourth-order valence-corrected chi connectivity index (χ4v) is 3.61. The number of amides is 2. The summed E-state index contributed by atoms with van der Waals surface area (Å²) in [7, 11) is 3.38. The summed E-state index contributed by atoms with van der Waals surface area (Å²) in [6, 6.07) is 16.6. The lowest BCUT2D eigenvalue weighted by molar-refractivity contribution is -0.119. The van der Waals surface area contributed by atoms with Crippen LogP contribution in [0.4, 0.5) is 0 Å². The van der Waals surface area contributed by atoms with Gasteiger partial charge in [-0.15, -0.1) is 10.2 Å². The number of aromatic nitrogens is 3. The lowest BCUT2D eigenvalue weighted by Gasteiger charge is -2.14. The van der Waals surface area contributed by atoms with Crippen LogP contribution in [0.5, 0.6) is 5.75 Å². The molecule has 0 bridgehead atoms. The summed E-state index contributed by atoms with van der Waals surface area (Å²) in [5.41, 5.74) is 1.58. The van der Waals surface area contributed by atoms with E-state index < -0.39 is 0 Å². The molecule has 0 fully saturated rings. The Kier molecular flexibility index (Phi) is 7.66. The monoisotopic (exact) mass is 439 g/mol. The van der Waals surface area contributed by atoms with Crippen molar-refractivity contribution in [3.05, 3.63) is 71.5 Å². The molecule has 1 atom stereocenters. The maximum absolute atomic E-state index is 12.3. The van der Waals surface area contributed by atoms with Gasteiger partial charge in [-0.25, -0.2) is 0 Å². The smallest absolute Gasteiger partial charge is 0.251 e. The second-order valence-corrected chi connectivity index (χ2v) is 7.80. The van der Waals surface area contributed by atoms with Gasteiger partial charge in [-0.3, -0.25) is 9.59 Å². The zero-order valence-electron chi connectivity index (χ0n) is 17.7. The first-order valence-corrected chi connectivity index (χ1v) is 10.7. The van der Waals surface area contributed by atoms with Crippen LogP contribution in [0.1, 0.15) is 34.7 Å². The molecule has 0 aliphatic rings. The second-order valence-electron chi connectivity index (χ2n) is 6.86. The minimum atomic E-state index is -0.214. The van der Waals surface area contributed by atoms with Crippen molar-refractivity contribution in [2.45, 2.75) is 24.7 Å². The van der Waals surface area contributed by atoms with E-state index in [4.69, 9.17) is 4.74 Å². The number of carbonyl (C=O) groups is 2. The van der Waals surface area contributed by atoms with Crippen LogP contribution in [0.3, 0.4) is 0 Å². The van der Waals surface area contributed by atoms with Gasteiger partial charge < -0.3 is 19.9 Å². The molecule has 0 aliphatic carbocycles. The predicted octanol–water partition coefficient (Wildman–Crippen LogP) is 2.72. The summed E-state index contributed by atoms with van der Waals surface area (Å²) in [6.45, 7) is 2.18. The van der Waals surface area contributed by atoms with Crippen LogP contribution in [-0.2, 0) is 18.4 Å². The number of hydrogen-bond donors (Lipinski definition) is 2. The number of thioether (sulfide) groups is 1. The van der Waals surface area contributed by atoms with E-state index in [9.17, 15) is 9.59 Å². The molecule has 31 heavy (non-hydrogen) atoms. The molecule has 0 saturated heterocycles. The Labute approximate surface area is 185 Å².